The number of fused-ring (bicyclic) bond motifs is 1. The van der Waals surface area contributed by atoms with Gasteiger partial charge >= 0.3 is 5.97 Å². The molecule has 0 saturated carbocycles. The number of carbonyl (C=O) groups is 2. The van der Waals surface area contributed by atoms with Crippen LogP contribution in [0.15, 0.2) is 51.6 Å². The Kier molecular flexibility index (Phi) is 8.07. The third-order valence-corrected chi connectivity index (χ3v) is 6.97. The third kappa shape index (κ3) is 5.54. The maximum Gasteiger partial charge on any atom is 0.338 e. The minimum absolute atomic E-state index is 0.0482. The number of hydrogen-bond acceptors (Lipinski definition) is 8. The predicted molar refractivity (Wildman–Crippen MR) is 133 cm³/mol. The van der Waals surface area contributed by atoms with Gasteiger partial charge in [-0.1, -0.05) is 41.6 Å². The monoisotopic (exact) mass is 484 g/mol. The Morgan fingerprint density at radius 3 is 2.65 bits per heavy atom. The molecule has 34 heavy (non-hydrogen) atoms. The van der Waals surface area contributed by atoms with Crippen LogP contribution in [0, 0.1) is 6.92 Å². The SMILES string of the molecule is CCOC(=O)C1=C(C)N=C2SC=C(CC(=O)NCCN3CCOCC3)N2C1c1ccc(C)cc1. The fourth-order valence-corrected chi connectivity index (χ4v) is 5.27. The van der Waals surface area contributed by atoms with Crippen molar-refractivity contribution < 1.29 is 19.1 Å². The molecule has 3 aliphatic rings. The van der Waals surface area contributed by atoms with E-state index in [-0.39, 0.29) is 24.9 Å². The minimum Gasteiger partial charge on any atom is -0.463 e. The third-order valence-electron chi connectivity index (χ3n) is 6.08. The van der Waals surface area contributed by atoms with Crippen molar-refractivity contribution in [3.05, 3.63) is 57.8 Å². The van der Waals surface area contributed by atoms with Crippen molar-refractivity contribution in [3.63, 3.8) is 0 Å². The predicted octanol–water partition coefficient (Wildman–Crippen LogP) is 2.97. The first-order valence-electron chi connectivity index (χ1n) is 11.7. The molecule has 1 atom stereocenters. The highest BCUT2D eigenvalue weighted by molar-refractivity contribution is 8.16. The molecular weight excluding hydrogens is 452 g/mol. The lowest BCUT2D eigenvalue weighted by atomic mass is 9.93. The highest BCUT2D eigenvalue weighted by atomic mass is 32.2. The number of nitrogens with one attached hydrogen (secondary N) is 1. The van der Waals surface area contributed by atoms with Crippen LogP contribution in [0.2, 0.25) is 0 Å². The first-order valence-corrected chi connectivity index (χ1v) is 12.6. The minimum atomic E-state index is -0.394. The van der Waals surface area contributed by atoms with Gasteiger partial charge in [0.2, 0.25) is 5.91 Å². The molecule has 1 amide bonds. The summed E-state index contributed by atoms with van der Waals surface area (Å²) in [6.07, 6.45) is 0.215. The van der Waals surface area contributed by atoms with Gasteiger partial charge in [-0.2, -0.15) is 0 Å². The second kappa shape index (κ2) is 11.2. The normalized spacial score (nSPS) is 20.6. The van der Waals surface area contributed by atoms with E-state index in [2.05, 4.69) is 15.2 Å². The first kappa shape index (κ1) is 24.5. The maximum atomic E-state index is 13.0. The molecule has 1 N–H and O–H groups in total. The number of rotatable bonds is 8. The highest BCUT2D eigenvalue weighted by Crippen LogP contribution is 2.44. The second-order valence-corrected chi connectivity index (χ2v) is 9.34. The standard InChI is InChI=1S/C25H32N4O4S/c1-4-33-24(31)22-18(3)27-25-29(23(22)19-7-5-17(2)6-8-19)20(16-34-25)15-21(30)26-9-10-28-11-13-32-14-12-28/h5-8,16,23H,4,9-15H2,1-3H3,(H,26,30). The number of benzene rings is 1. The number of thioether (sulfide) groups is 1. The van der Waals surface area contributed by atoms with Crippen LogP contribution < -0.4 is 5.32 Å². The van der Waals surface area contributed by atoms with Crippen LogP contribution in [0.25, 0.3) is 0 Å². The lowest BCUT2D eigenvalue weighted by Crippen LogP contribution is -2.42. The fourth-order valence-electron chi connectivity index (χ4n) is 4.31. The highest BCUT2D eigenvalue weighted by Gasteiger charge is 2.41. The Bertz CT molecular complexity index is 1010. The summed E-state index contributed by atoms with van der Waals surface area (Å²) < 4.78 is 10.8. The second-order valence-electron chi connectivity index (χ2n) is 8.50. The van der Waals surface area contributed by atoms with Gasteiger partial charge in [0, 0.05) is 31.9 Å². The van der Waals surface area contributed by atoms with Crippen molar-refractivity contribution in [2.75, 3.05) is 46.0 Å². The molecule has 0 bridgehead atoms. The summed E-state index contributed by atoms with van der Waals surface area (Å²) in [4.78, 5) is 34.8. The number of aliphatic imine (C=N–C) groups is 1. The molecule has 1 aromatic carbocycles. The topological polar surface area (TPSA) is 83.5 Å². The largest absolute Gasteiger partial charge is 0.463 e. The summed E-state index contributed by atoms with van der Waals surface area (Å²) in [6.45, 7) is 10.6. The van der Waals surface area contributed by atoms with E-state index in [1.807, 2.05) is 48.4 Å². The molecule has 3 heterocycles. The van der Waals surface area contributed by atoms with E-state index in [1.165, 1.54) is 11.8 Å². The van der Waals surface area contributed by atoms with Crippen LogP contribution in [0.3, 0.4) is 0 Å². The van der Waals surface area contributed by atoms with E-state index in [9.17, 15) is 9.59 Å². The summed E-state index contributed by atoms with van der Waals surface area (Å²) in [5.41, 5.74) is 4.08. The van der Waals surface area contributed by atoms with Crippen LogP contribution in [-0.4, -0.2) is 72.8 Å². The number of carbonyl (C=O) groups excluding carboxylic acids is 2. The molecule has 9 heteroatoms. The number of esters is 1. The van der Waals surface area contributed by atoms with Crippen LogP contribution in [0.5, 0.6) is 0 Å². The zero-order valence-electron chi connectivity index (χ0n) is 20.0. The van der Waals surface area contributed by atoms with Crippen LogP contribution in [0.4, 0.5) is 0 Å². The zero-order valence-corrected chi connectivity index (χ0v) is 20.8. The van der Waals surface area contributed by atoms with Gasteiger partial charge in [-0.05, 0) is 31.7 Å². The summed E-state index contributed by atoms with van der Waals surface area (Å²) in [5, 5.41) is 5.77. The molecule has 1 fully saturated rings. The van der Waals surface area contributed by atoms with E-state index in [1.54, 1.807) is 6.92 Å². The molecule has 182 valence electrons. The van der Waals surface area contributed by atoms with Crippen molar-refractivity contribution in [1.82, 2.24) is 15.1 Å². The van der Waals surface area contributed by atoms with Gasteiger partial charge in [0.25, 0.3) is 0 Å². The number of morpholine rings is 1. The fraction of sp³-hybridized carbons (Fsp3) is 0.480. The molecule has 0 aliphatic carbocycles. The average Bonchev–Trinajstić information content (AvgIpc) is 3.21. The van der Waals surface area contributed by atoms with E-state index < -0.39 is 6.04 Å². The van der Waals surface area contributed by atoms with Crippen LogP contribution >= 0.6 is 11.8 Å². The number of ether oxygens (including phenoxy) is 2. The van der Waals surface area contributed by atoms with E-state index in [4.69, 9.17) is 9.47 Å². The number of aryl methyl sites for hydroxylation is 1. The van der Waals surface area contributed by atoms with E-state index >= 15 is 0 Å². The average molecular weight is 485 g/mol. The Morgan fingerprint density at radius 2 is 1.94 bits per heavy atom. The van der Waals surface area contributed by atoms with E-state index in [0.717, 1.165) is 54.8 Å². The van der Waals surface area contributed by atoms with Crippen LogP contribution in [-0.2, 0) is 19.1 Å². The zero-order chi connectivity index (χ0) is 24.1. The van der Waals surface area contributed by atoms with Gasteiger partial charge in [-0.25, -0.2) is 9.79 Å². The van der Waals surface area contributed by atoms with E-state index in [0.29, 0.717) is 17.8 Å². The van der Waals surface area contributed by atoms with Gasteiger partial charge in [0.15, 0.2) is 5.17 Å². The number of hydrogen-bond donors (Lipinski definition) is 1. The molecule has 0 aromatic heterocycles. The van der Waals surface area contributed by atoms with Gasteiger partial charge < -0.3 is 19.7 Å². The Balaban J connectivity index is 1.51. The number of allylic oxidation sites excluding steroid dienone is 1. The number of nitrogens with zero attached hydrogens (tertiary/aromatic N) is 3. The van der Waals surface area contributed by atoms with Gasteiger partial charge in [0.1, 0.15) is 0 Å². The van der Waals surface area contributed by atoms with Crippen LogP contribution in [0.1, 0.15) is 37.4 Å². The molecule has 4 rings (SSSR count). The first-order chi connectivity index (χ1) is 16.5. The van der Waals surface area contributed by atoms with Crippen molar-refractivity contribution in [3.8, 4) is 0 Å². The van der Waals surface area contributed by atoms with Gasteiger partial charge in [-0.15, -0.1) is 0 Å². The molecule has 3 aliphatic heterocycles. The molecule has 8 nitrogen and oxygen atoms in total. The summed E-state index contributed by atoms with van der Waals surface area (Å²) in [5.74, 6) is -0.424. The van der Waals surface area contributed by atoms with Gasteiger partial charge in [0.05, 0.1) is 43.6 Å². The Hall–Kier alpha value is -2.62. The van der Waals surface area contributed by atoms with Crippen molar-refractivity contribution in [2.45, 2.75) is 33.2 Å². The summed E-state index contributed by atoms with van der Waals surface area (Å²) in [6, 6.07) is 7.72. The number of amidine groups is 1. The lowest BCUT2D eigenvalue weighted by molar-refractivity contribution is -0.139. The van der Waals surface area contributed by atoms with Crippen molar-refractivity contribution in [2.24, 2.45) is 4.99 Å². The van der Waals surface area contributed by atoms with Crippen molar-refractivity contribution in [1.29, 1.82) is 0 Å². The molecular formula is C25H32N4O4S. The van der Waals surface area contributed by atoms with Crippen molar-refractivity contribution >= 4 is 28.8 Å². The molecule has 1 unspecified atom stereocenters. The summed E-state index contributed by atoms with van der Waals surface area (Å²) >= 11 is 1.48. The molecule has 0 spiro atoms. The Labute approximate surface area is 205 Å². The van der Waals surface area contributed by atoms with Gasteiger partial charge in [-0.3, -0.25) is 9.69 Å². The lowest BCUT2D eigenvalue weighted by Gasteiger charge is -2.36. The Morgan fingerprint density at radius 1 is 1.21 bits per heavy atom. The summed E-state index contributed by atoms with van der Waals surface area (Å²) in [7, 11) is 0. The number of amides is 1. The molecule has 0 radical (unpaired) electrons. The molecule has 1 saturated heterocycles. The smallest absolute Gasteiger partial charge is 0.338 e. The quantitative estimate of drug-likeness (QED) is 0.568. The maximum absolute atomic E-state index is 13.0. The molecule has 1 aromatic rings.